The molecule has 0 saturated carbocycles. The van der Waals surface area contributed by atoms with E-state index in [1.165, 1.54) is 18.6 Å². The monoisotopic (exact) mass is 352 g/mol. The van der Waals surface area contributed by atoms with Gasteiger partial charge >= 0.3 is 0 Å². The number of carbonyl (C=O) groups excluding carboxylic acids is 2. The number of aliphatic hydroxyl groups is 1. The topological polar surface area (TPSA) is 133 Å². The lowest BCUT2D eigenvalue weighted by Crippen LogP contribution is -2.46. The van der Waals surface area contributed by atoms with Crippen LogP contribution in [-0.4, -0.2) is 49.7 Å². The maximum absolute atomic E-state index is 12.3. The van der Waals surface area contributed by atoms with E-state index in [0.29, 0.717) is 0 Å². The van der Waals surface area contributed by atoms with Crippen LogP contribution in [0.5, 0.6) is 0 Å². The Labute approximate surface area is 148 Å². The molecule has 2 amide bonds. The Bertz CT molecular complexity index is 882. The van der Waals surface area contributed by atoms with Gasteiger partial charge in [-0.15, -0.1) is 0 Å². The minimum Gasteiger partial charge on any atom is -0.394 e. The van der Waals surface area contributed by atoms with Gasteiger partial charge in [0.15, 0.2) is 5.82 Å². The van der Waals surface area contributed by atoms with Crippen molar-refractivity contribution in [3.05, 3.63) is 60.7 Å². The van der Waals surface area contributed by atoms with Crippen molar-refractivity contribution in [1.82, 2.24) is 25.5 Å². The molecular formula is C17H16N6O3. The highest BCUT2D eigenvalue weighted by Crippen LogP contribution is 2.19. The molecule has 0 saturated heterocycles. The van der Waals surface area contributed by atoms with Gasteiger partial charge in [-0.1, -0.05) is 30.3 Å². The van der Waals surface area contributed by atoms with Crippen LogP contribution in [-0.2, 0) is 4.79 Å². The molecule has 3 aromatic rings. The third-order valence-electron chi connectivity index (χ3n) is 3.51. The molecule has 2 heterocycles. The number of aliphatic hydroxyl groups excluding tert-OH is 1. The van der Waals surface area contributed by atoms with E-state index < -0.39 is 24.5 Å². The summed E-state index contributed by atoms with van der Waals surface area (Å²) in [4.78, 5) is 31.9. The maximum atomic E-state index is 12.3. The zero-order valence-corrected chi connectivity index (χ0v) is 13.6. The van der Waals surface area contributed by atoms with Crippen LogP contribution in [0.25, 0.3) is 11.3 Å². The molecule has 0 aliphatic heterocycles. The average Bonchev–Trinajstić information content (AvgIpc) is 3.15. The van der Waals surface area contributed by atoms with Crippen LogP contribution in [0, 0.1) is 0 Å². The summed E-state index contributed by atoms with van der Waals surface area (Å²) in [6.07, 6.45) is 4.05. The molecular weight excluding hydrogens is 336 g/mol. The van der Waals surface area contributed by atoms with Gasteiger partial charge < -0.3 is 15.7 Å². The summed E-state index contributed by atoms with van der Waals surface area (Å²) in [5, 5.41) is 21.2. The van der Waals surface area contributed by atoms with Gasteiger partial charge in [0.2, 0.25) is 0 Å². The number of hydrogen-bond acceptors (Lipinski definition) is 6. The summed E-state index contributed by atoms with van der Waals surface area (Å²) in [6, 6.07) is 9.98. The summed E-state index contributed by atoms with van der Waals surface area (Å²) in [5.41, 5.74) is 1.69. The van der Waals surface area contributed by atoms with E-state index in [2.05, 4.69) is 30.8 Å². The zero-order valence-electron chi connectivity index (χ0n) is 13.6. The van der Waals surface area contributed by atoms with Crippen molar-refractivity contribution < 1.29 is 14.7 Å². The first kappa shape index (κ1) is 17.2. The van der Waals surface area contributed by atoms with Crippen molar-refractivity contribution in [2.45, 2.75) is 6.04 Å². The van der Waals surface area contributed by atoms with E-state index >= 15 is 0 Å². The molecule has 9 heteroatoms. The number of aromatic amines is 1. The second-order valence-corrected chi connectivity index (χ2v) is 5.32. The second-order valence-electron chi connectivity index (χ2n) is 5.32. The molecule has 0 spiro atoms. The fraction of sp³-hybridized carbons (Fsp3) is 0.118. The minimum atomic E-state index is -1.15. The lowest BCUT2D eigenvalue weighted by molar-refractivity contribution is -0.118. The van der Waals surface area contributed by atoms with Crippen LogP contribution in [0.4, 0.5) is 5.82 Å². The van der Waals surface area contributed by atoms with Gasteiger partial charge in [-0.2, -0.15) is 5.10 Å². The van der Waals surface area contributed by atoms with Gasteiger partial charge in [-0.05, 0) is 5.56 Å². The smallest absolute Gasteiger partial charge is 0.272 e. The van der Waals surface area contributed by atoms with Crippen LogP contribution in [0.3, 0.4) is 0 Å². The Balaban J connectivity index is 1.64. The first-order chi connectivity index (χ1) is 12.7. The number of benzene rings is 1. The van der Waals surface area contributed by atoms with Gasteiger partial charge in [0.05, 0.1) is 18.5 Å². The summed E-state index contributed by atoms with van der Waals surface area (Å²) in [7, 11) is 0. The van der Waals surface area contributed by atoms with Crippen molar-refractivity contribution in [1.29, 1.82) is 0 Å². The molecule has 2 aromatic heterocycles. The van der Waals surface area contributed by atoms with Crippen molar-refractivity contribution in [2.75, 3.05) is 11.9 Å². The van der Waals surface area contributed by atoms with Crippen LogP contribution < -0.4 is 10.6 Å². The summed E-state index contributed by atoms with van der Waals surface area (Å²) in [5.74, 6) is -0.934. The Morgan fingerprint density at radius 1 is 1.19 bits per heavy atom. The van der Waals surface area contributed by atoms with E-state index in [0.717, 1.165) is 11.3 Å². The normalized spacial score (nSPS) is 11.6. The Hall–Kier alpha value is -3.59. The maximum Gasteiger partial charge on any atom is 0.272 e. The molecule has 26 heavy (non-hydrogen) atoms. The van der Waals surface area contributed by atoms with Gasteiger partial charge in [-0.3, -0.25) is 19.7 Å². The molecule has 4 N–H and O–H groups in total. The molecule has 9 nitrogen and oxygen atoms in total. The highest BCUT2D eigenvalue weighted by atomic mass is 16.3. The van der Waals surface area contributed by atoms with Gasteiger partial charge in [0.25, 0.3) is 11.8 Å². The quantitative estimate of drug-likeness (QED) is 0.513. The molecule has 1 atom stereocenters. The first-order valence-corrected chi connectivity index (χ1v) is 7.77. The van der Waals surface area contributed by atoms with E-state index in [1.54, 1.807) is 6.07 Å². The lowest BCUT2D eigenvalue weighted by Gasteiger charge is -2.14. The third kappa shape index (κ3) is 4.08. The highest BCUT2D eigenvalue weighted by Gasteiger charge is 2.22. The van der Waals surface area contributed by atoms with E-state index in [9.17, 15) is 14.7 Å². The van der Waals surface area contributed by atoms with Crippen molar-refractivity contribution in [3.63, 3.8) is 0 Å². The predicted octanol–water partition coefficient (Wildman–Crippen LogP) is 0.596. The largest absolute Gasteiger partial charge is 0.394 e. The third-order valence-corrected chi connectivity index (χ3v) is 3.51. The molecule has 1 unspecified atom stereocenters. The molecule has 1 aromatic carbocycles. The van der Waals surface area contributed by atoms with Gasteiger partial charge in [0, 0.05) is 18.5 Å². The number of anilines is 1. The van der Waals surface area contributed by atoms with Gasteiger partial charge in [0.1, 0.15) is 11.7 Å². The molecule has 0 aliphatic rings. The minimum absolute atomic E-state index is 0.0462. The molecule has 3 rings (SSSR count). The fourth-order valence-electron chi connectivity index (χ4n) is 2.21. The number of nitrogens with one attached hydrogen (secondary N) is 3. The van der Waals surface area contributed by atoms with Crippen molar-refractivity contribution in [3.8, 4) is 11.3 Å². The molecule has 0 aliphatic carbocycles. The lowest BCUT2D eigenvalue weighted by atomic mass is 10.1. The summed E-state index contributed by atoms with van der Waals surface area (Å²) >= 11 is 0. The Kier molecular flexibility index (Phi) is 5.30. The number of H-pyrrole nitrogens is 1. The van der Waals surface area contributed by atoms with Crippen LogP contribution in [0.15, 0.2) is 55.0 Å². The standard InChI is InChI=1S/C17H16N6O3/c24-10-14(20-16(25)13-9-18-6-7-19-13)17(26)21-15-8-12(22-23-15)11-4-2-1-3-5-11/h1-9,14,24H,10H2,(H,20,25)(H2,21,22,23,26). The summed E-state index contributed by atoms with van der Waals surface area (Å²) < 4.78 is 0. The number of carbonyl (C=O) groups is 2. The molecule has 0 fully saturated rings. The number of aromatic nitrogens is 4. The SMILES string of the molecule is O=C(NC(CO)C(=O)Nc1cc(-c2ccccc2)[nH]n1)c1cnccn1. The van der Waals surface area contributed by atoms with Crippen LogP contribution in [0.2, 0.25) is 0 Å². The van der Waals surface area contributed by atoms with Crippen molar-refractivity contribution in [2.24, 2.45) is 0 Å². The van der Waals surface area contributed by atoms with Crippen LogP contribution in [0.1, 0.15) is 10.5 Å². The van der Waals surface area contributed by atoms with E-state index in [4.69, 9.17) is 0 Å². The zero-order chi connectivity index (χ0) is 18.4. The van der Waals surface area contributed by atoms with E-state index in [-0.39, 0.29) is 11.5 Å². The Morgan fingerprint density at radius 3 is 2.69 bits per heavy atom. The number of nitrogens with zero attached hydrogens (tertiary/aromatic N) is 3. The predicted molar refractivity (Wildman–Crippen MR) is 93.0 cm³/mol. The number of hydrogen-bond donors (Lipinski definition) is 4. The molecule has 0 radical (unpaired) electrons. The second kappa shape index (κ2) is 7.99. The first-order valence-electron chi connectivity index (χ1n) is 7.77. The highest BCUT2D eigenvalue weighted by molar-refractivity contribution is 6.00. The molecule has 0 bridgehead atoms. The van der Waals surface area contributed by atoms with Crippen LogP contribution >= 0.6 is 0 Å². The average molecular weight is 352 g/mol. The number of rotatable bonds is 6. The molecule has 132 valence electrons. The van der Waals surface area contributed by atoms with E-state index in [1.807, 2.05) is 30.3 Å². The van der Waals surface area contributed by atoms with Crippen molar-refractivity contribution >= 4 is 17.6 Å². The van der Waals surface area contributed by atoms with Gasteiger partial charge in [-0.25, -0.2) is 4.98 Å². The Morgan fingerprint density at radius 2 is 2.00 bits per heavy atom. The fourth-order valence-corrected chi connectivity index (χ4v) is 2.21. The number of amides is 2. The summed E-state index contributed by atoms with van der Waals surface area (Å²) in [6.45, 7) is -0.576.